The van der Waals surface area contributed by atoms with Crippen LogP contribution in [0.25, 0.3) is 0 Å². The summed E-state index contributed by atoms with van der Waals surface area (Å²) in [6.07, 6.45) is 1.55. The number of ether oxygens (including phenoxy) is 1. The topological polar surface area (TPSA) is 67.4 Å². The Morgan fingerprint density at radius 1 is 1.45 bits per heavy atom. The van der Waals surface area contributed by atoms with Gasteiger partial charge in [0.05, 0.1) is 12.7 Å². The Kier molecular flexibility index (Phi) is 4.74. The Morgan fingerprint density at radius 2 is 2.25 bits per heavy atom. The summed E-state index contributed by atoms with van der Waals surface area (Å²) in [6, 6.07) is 5.16. The predicted molar refractivity (Wildman–Crippen MR) is 76.7 cm³/mol. The fourth-order valence-corrected chi connectivity index (χ4v) is 2.35. The quantitative estimate of drug-likeness (QED) is 0.822. The van der Waals surface area contributed by atoms with Crippen LogP contribution in [0.3, 0.4) is 0 Å². The highest BCUT2D eigenvalue weighted by Gasteiger charge is 2.18. The summed E-state index contributed by atoms with van der Waals surface area (Å²) in [4.78, 5) is 23.5. The minimum absolute atomic E-state index is 0.0104. The first-order valence-corrected chi connectivity index (χ1v) is 6.79. The fourth-order valence-electron chi connectivity index (χ4n) is 2.35. The second-order valence-electron chi connectivity index (χ2n) is 5.13. The van der Waals surface area contributed by atoms with Gasteiger partial charge in [0, 0.05) is 12.1 Å². The van der Waals surface area contributed by atoms with Gasteiger partial charge in [-0.25, -0.2) is 4.79 Å². The molecule has 2 N–H and O–H groups in total. The first-order valence-electron chi connectivity index (χ1n) is 6.79. The Labute approximate surface area is 118 Å². The van der Waals surface area contributed by atoms with Gasteiger partial charge in [-0.15, -0.1) is 0 Å². The molecule has 1 heterocycles. The standard InChI is InChI=1S/C15H20N2O3/c1-10-3-4-12(15(19)20-2)8-13(10)17-14(18)7-11-5-6-16-9-11/h3-4,8,11,16H,5-7,9H2,1-2H3,(H,17,18). The number of anilines is 1. The maximum atomic E-state index is 12.0. The number of benzene rings is 1. The molecule has 0 radical (unpaired) electrons. The zero-order valence-corrected chi connectivity index (χ0v) is 11.9. The van der Waals surface area contributed by atoms with Crippen molar-refractivity contribution in [3.05, 3.63) is 29.3 Å². The highest BCUT2D eigenvalue weighted by Crippen LogP contribution is 2.19. The van der Waals surface area contributed by atoms with E-state index >= 15 is 0 Å². The number of amides is 1. The zero-order valence-electron chi connectivity index (χ0n) is 11.9. The van der Waals surface area contributed by atoms with Gasteiger partial charge in [0.15, 0.2) is 0 Å². The highest BCUT2D eigenvalue weighted by atomic mass is 16.5. The first kappa shape index (κ1) is 14.5. The van der Waals surface area contributed by atoms with Crippen molar-refractivity contribution in [3.63, 3.8) is 0 Å². The van der Waals surface area contributed by atoms with Crippen molar-refractivity contribution < 1.29 is 14.3 Å². The third-order valence-electron chi connectivity index (χ3n) is 3.57. The molecular formula is C15H20N2O3. The van der Waals surface area contributed by atoms with Gasteiger partial charge in [-0.05, 0) is 50.0 Å². The molecule has 0 aliphatic carbocycles. The van der Waals surface area contributed by atoms with Gasteiger partial charge in [-0.2, -0.15) is 0 Å². The smallest absolute Gasteiger partial charge is 0.337 e. The summed E-state index contributed by atoms with van der Waals surface area (Å²) < 4.78 is 4.68. The largest absolute Gasteiger partial charge is 0.465 e. The zero-order chi connectivity index (χ0) is 14.5. The van der Waals surface area contributed by atoms with E-state index in [9.17, 15) is 9.59 Å². The van der Waals surface area contributed by atoms with Crippen molar-refractivity contribution in [2.75, 3.05) is 25.5 Å². The van der Waals surface area contributed by atoms with Gasteiger partial charge in [-0.1, -0.05) is 6.07 Å². The molecule has 1 aliphatic rings. The Morgan fingerprint density at radius 3 is 2.90 bits per heavy atom. The minimum Gasteiger partial charge on any atom is -0.465 e. The Balaban J connectivity index is 2.03. The highest BCUT2D eigenvalue weighted by molar-refractivity contribution is 5.95. The van der Waals surface area contributed by atoms with Crippen molar-refractivity contribution in [1.82, 2.24) is 5.32 Å². The number of esters is 1. The van der Waals surface area contributed by atoms with E-state index in [2.05, 4.69) is 15.4 Å². The van der Waals surface area contributed by atoms with Crippen LogP contribution in [0, 0.1) is 12.8 Å². The van der Waals surface area contributed by atoms with Crippen LogP contribution in [0.2, 0.25) is 0 Å². The molecule has 1 fully saturated rings. The third-order valence-corrected chi connectivity index (χ3v) is 3.57. The van der Waals surface area contributed by atoms with Crippen molar-refractivity contribution in [3.8, 4) is 0 Å². The van der Waals surface area contributed by atoms with Gasteiger partial charge < -0.3 is 15.4 Å². The number of hydrogen-bond acceptors (Lipinski definition) is 4. The molecule has 1 unspecified atom stereocenters. The molecule has 20 heavy (non-hydrogen) atoms. The van der Waals surface area contributed by atoms with E-state index < -0.39 is 5.97 Å². The minimum atomic E-state index is -0.402. The predicted octanol–water partition coefficient (Wildman–Crippen LogP) is 1.72. The summed E-state index contributed by atoms with van der Waals surface area (Å²) in [7, 11) is 1.34. The van der Waals surface area contributed by atoms with Crippen LogP contribution in [0.5, 0.6) is 0 Å². The summed E-state index contributed by atoms with van der Waals surface area (Å²) in [6.45, 7) is 3.77. The second-order valence-corrected chi connectivity index (χ2v) is 5.13. The van der Waals surface area contributed by atoms with Crippen LogP contribution < -0.4 is 10.6 Å². The van der Waals surface area contributed by atoms with Crippen LogP contribution >= 0.6 is 0 Å². The number of hydrogen-bond donors (Lipinski definition) is 2. The number of methoxy groups -OCH3 is 1. The summed E-state index contributed by atoms with van der Waals surface area (Å²) in [5.74, 6) is -0.0107. The molecule has 0 spiro atoms. The monoisotopic (exact) mass is 276 g/mol. The SMILES string of the molecule is COC(=O)c1ccc(C)c(NC(=O)CC2CCNC2)c1. The normalized spacial score (nSPS) is 17.8. The van der Waals surface area contributed by atoms with E-state index in [0.717, 1.165) is 25.1 Å². The van der Waals surface area contributed by atoms with Gasteiger partial charge in [0.1, 0.15) is 0 Å². The molecule has 0 bridgehead atoms. The lowest BCUT2D eigenvalue weighted by Crippen LogP contribution is -2.19. The fraction of sp³-hybridized carbons (Fsp3) is 0.467. The molecule has 1 aromatic rings. The van der Waals surface area contributed by atoms with E-state index in [4.69, 9.17) is 0 Å². The number of carbonyl (C=O) groups is 2. The van der Waals surface area contributed by atoms with E-state index in [1.165, 1.54) is 7.11 Å². The third kappa shape index (κ3) is 3.57. The summed E-state index contributed by atoms with van der Waals surface area (Å²) in [5.41, 5.74) is 2.04. The van der Waals surface area contributed by atoms with Crippen molar-refractivity contribution >= 4 is 17.6 Å². The maximum Gasteiger partial charge on any atom is 0.337 e. The molecule has 0 saturated carbocycles. The van der Waals surface area contributed by atoms with Crippen LogP contribution in [-0.2, 0) is 9.53 Å². The molecule has 1 amide bonds. The molecule has 1 saturated heterocycles. The molecule has 5 nitrogen and oxygen atoms in total. The number of nitrogens with one attached hydrogen (secondary N) is 2. The Hall–Kier alpha value is -1.88. The summed E-state index contributed by atoms with van der Waals surface area (Å²) in [5, 5.41) is 6.13. The number of aryl methyl sites for hydroxylation is 1. The molecule has 108 valence electrons. The lowest BCUT2D eigenvalue weighted by molar-refractivity contribution is -0.117. The van der Waals surface area contributed by atoms with E-state index in [1.54, 1.807) is 18.2 Å². The van der Waals surface area contributed by atoms with Crippen LogP contribution in [0.4, 0.5) is 5.69 Å². The van der Waals surface area contributed by atoms with E-state index in [-0.39, 0.29) is 5.91 Å². The Bertz CT molecular complexity index is 508. The number of carbonyl (C=O) groups excluding carboxylic acids is 2. The molecule has 2 rings (SSSR count). The van der Waals surface area contributed by atoms with Gasteiger partial charge in [0.2, 0.25) is 5.91 Å². The lowest BCUT2D eigenvalue weighted by atomic mass is 10.0. The molecule has 0 aromatic heterocycles. The second kappa shape index (κ2) is 6.52. The van der Waals surface area contributed by atoms with Crippen molar-refractivity contribution in [2.24, 2.45) is 5.92 Å². The van der Waals surface area contributed by atoms with Crippen LogP contribution in [0.1, 0.15) is 28.8 Å². The lowest BCUT2D eigenvalue weighted by Gasteiger charge is -2.12. The van der Waals surface area contributed by atoms with Crippen molar-refractivity contribution in [1.29, 1.82) is 0 Å². The van der Waals surface area contributed by atoms with Gasteiger partial charge >= 0.3 is 5.97 Å². The summed E-state index contributed by atoms with van der Waals surface area (Å²) >= 11 is 0. The van der Waals surface area contributed by atoms with Crippen LogP contribution in [-0.4, -0.2) is 32.1 Å². The first-order chi connectivity index (χ1) is 9.60. The molecule has 1 aromatic carbocycles. The van der Waals surface area contributed by atoms with Gasteiger partial charge in [0.25, 0.3) is 0 Å². The maximum absolute atomic E-state index is 12.0. The van der Waals surface area contributed by atoms with Crippen molar-refractivity contribution in [2.45, 2.75) is 19.8 Å². The van der Waals surface area contributed by atoms with E-state index in [1.807, 2.05) is 6.92 Å². The van der Waals surface area contributed by atoms with Gasteiger partial charge in [-0.3, -0.25) is 4.79 Å². The molecule has 1 aliphatic heterocycles. The molecular weight excluding hydrogens is 256 g/mol. The average molecular weight is 276 g/mol. The van der Waals surface area contributed by atoms with Crippen LogP contribution in [0.15, 0.2) is 18.2 Å². The molecule has 5 heteroatoms. The average Bonchev–Trinajstić information content (AvgIpc) is 2.93. The molecule has 1 atom stereocenters. The van der Waals surface area contributed by atoms with E-state index in [0.29, 0.717) is 23.6 Å². The number of rotatable bonds is 4.